The van der Waals surface area contributed by atoms with E-state index in [1.165, 1.54) is 0 Å². The number of hydrogen-bond acceptors (Lipinski definition) is 4. The summed E-state index contributed by atoms with van der Waals surface area (Å²) >= 11 is 12.2. The maximum absolute atomic E-state index is 12.5. The third kappa shape index (κ3) is 4.02. The van der Waals surface area contributed by atoms with Crippen LogP contribution in [0.2, 0.25) is 10.0 Å². The van der Waals surface area contributed by atoms with Crippen LogP contribution in [0.25, 0.3) is 10.9 Å². The summed E-state index contributed by atoms with van der Waals surface area (Å²) in [5.74, 6) is 0.839. The molecule has 1 aliphatic rings. The number of para-hydroxylation sites is 1. The number of carbonyl (C=O) groups excluding carboxylic acids is 1. The summed E-state index contributed by atoms with van der Waals surface area (Å²) in [5, 5.41) is 6.23. The van der Waals surface area contributed by atoms with Crippen LogP contribution >= 0.6 is 23.2 Å². The smallest absolute Gasteiger partial charge is 0.271 e. The predicted octanol–water partition coefficient (Wildman–Crippen LogP) is 5.49. The molecule has 5 rings (SSSR count). The number of benzene rings is 3. The molecule has 0 atom stereocenters. The van der Waals surface area contributed by atoms with Crippen LogP contribution in [0.4, 0.5) is 0 Å². The molecule has 0 spiro atoms. The molecule has 3 aromatic carbocycles. The molecular formula is C24H17Cl2N3O3. The fraction of sp³-hybridized carbons (Fsp3) is 0.0833. The van der Waals surface area contributed by atoms with Crippen LogP contribution in [0.5, 0.6) is 11.5 Å². The number of carbonyl (C=O) groups is 1. The van der Waals surface area contributed by atoms with Gasteiger partial charge in [-0.2, -0.15) is 5.10 Å². The zero-order valence-electron chi connectivity index (χ0n) is 16.7. The lowest BCUT2D eigenvalue weighted by molar-refractivity contribution is 0.0954. The van der Waals surface area contributed by atoms with Crippen LogP contribution in [0.1, 0.15) is 21.5 Å². The number of hydrazone groups is 1. The lowest BCUT2D eigenvalue weighted by Gasteiger charge is -2.06. The van der Waals surface area contributed by atoms with Crippen molar-refractivity contribution >= 4 is 46.2 Å². The van der Waals surface area contributed by atoms with Gasteiger partial charge in [-0.25, -0.2) is 5.43 Å². The number of rotatable bonds is 5. The van der Waals surface area contributed by atoms with Crippen LogP contribution in [-0.2, 0) is 6.54 Å². The highest BCUT2D eigenvalue weighted by molar-refractivity contribution is 6.42. The molecule has 8 heteroatoms. The predicted molar refractivity (Wildman–Crippen MR) is 125 cm³/mol. The highest BCUT2D eigenvalue weighted by Crippen LogP contribution is 2.32. The van der Waals surface area contributed by atoms with Gasteiger partial charge in [0.15, 0.2) is 11.5 Å². The van der Waals surface area contributed by atoms with Crippen molar-refractivity contribution in [1.82, 2.24) is 9.99 Å². The van der Waals surface area contributed by atoms with Crippen molar-refractivity contribution in [2.24, 2.45) is 5.10 Å². The van der Waals surface area contributed by atoms with Gasteiger partial charge in [-0.3, -0.25) is 4.79 Å². The zero-order chi connectivity index (χ0) is 22.1. The maximum atomic E-state index is 12.5. The van der Waals surface area contributed by atoms with Gasteiger partial charge in [0.05, 0.1) is 16.3 Å². The van der Waals surface area contributed by atoms with E-state index >= 15 is 0 Å². The molecule has 6 nitrogen and oxygen atoms in total. The first-order chi connectivity index (χ1) is 15.6. The molecule has 0 radical (unpaired) electrons. The van der Waals surface area contributed by atoms with E-state index in [-0.39, 0.29) is 12.7 Å². The van der Waals surface area contributed by atoms with Crippen molar-refractivity contribution in [2.75, 3.05) is 6.79 Å². The highest BCUT2D eigenvalue weighted by Gasteiger charge is 2.16. The Morgan fingerprint density at radius 1 is 1.03 bits per heavy atom. The number of halogens is 2. The second kappa shape index (κ2) is 8.57. The number of nitrogens with zero attached hydrogens (tertiary/aromatic N) is 2. The van der Waals surface area contributed by atoms with Crippen LogP contribution in [0, 0.1) is 0 Å². The Labute approximate surface area is 194 Å². The fourth-order valence-electron chi connectivity index (χ4n) is 3.61. The second-order valence-corrected chi connectivity index (χ2v) is 8.06. The molecule has 2 heterocycles. The minimum absolute atomic E-state index is 0.158. The minimum Gasteiger partial charge on any atom is -0.454 e. The third-order valence-corrected chi connectivity index (χ3v) is 5.90. The molecule has 0 fully saturated rings. The first-order valence-corrected chi connectivity index (χ1v) is 10.6. The van der Waals surface area contributed by atoms with E-state index in [0.717, 1.165) is 22.0 Å². The summed E-state index contributed by atoms with van der Waals surface area (Å²) in [5.41, 5.74) is 5.96. The van der Waals surface area contributed by atoms with E-state index in [1.54, 1.807) is 30.5 Å². The van der Waals surface area contributed by atoms with Crippen molar-refractivity contribution in [1.29, 1.82) is 0 Å². The van der Waals surface area contributed by atoms with Gasteiger partial charge < -0.3 is 14.0 Å². The van der Waals surface area contributed by atoms with Gasteiger partial charge in [-0.15, -0.1) is 0 Å². The van der Waals surface area contributed by atoms with Crippen molar-refractivity contribution in [3.63, 3.8) is 0 Å². The minimum atomic E-state index is -0.334. The van der Waals surface area contributed by atoms with E-state index in [1.807, 2.05) is 42.6 Å². The lowest BCUT2D eigenvalue weighted by atomic mass is 10.2. The largest absolute Gasteiger partial charge is 0.454 e. The summed E-state index contributed by atoms with van der Waals surface area (Å²) in [6, 6.07) is 18.6. The van der Waals surface area contributed by atoms with Crippen LogP contribution < -0.4 is 14.9 Å². The molecule has 1 aliphatic heterocycles. The van der Waals surface area contributed by atoms with Gasteiger partial charge >= 0.3 is 0 Å². The van der Waals surface area contributed by atoms with Gasteiger partial charge in [-0.05, 0) is 42.0 Å². The zero-order valence-corrected chi connectivity index (χ0v) is 18.2. The number of nitrogens with one attached hydrogen (secondary N) is 1. The molecule has 160 valence electrons. The number of aromatic nitrogens is 1. The number of hydrogen-bond donors (Lipinski definition) is 1. The van der Waals surface area contributed by atoms with Crippen molar-refractivity contribution in [3.05, 3.63) is 93.6 Å². The van der Waals surface area contributed by atoms with Crippen LogP contribution in [0.15, 0.2) is 72.0 Å². The highest BCUT2D eigenvalue weighted by atomic mass is 35.5. The van der Waals surface area contributed by atoms with E-state index in [2.05, 4.69) is 15.1 Å². The van der Waals surface area contributed by atoms with Gasteiger partial charge in [0.25, 0.3) is 5.91 Å². The van der Waals surface area contributed by atoms with E-state index in [9.17, 15) is 4.79 Å². The van der Waals surface area contributed by atoms with Crippen LogP contribution in [0.3, 0.4) is 0 Å². The van der Waals surface area contributed by atoms with Crippen molar-refractivity contribution in [2.45, 2.75) is 6.54 Å². The Morgan fingerprint density at radius 3 is 2.75 bits per heavy atom. The number of amides is 1. The topological polar surface area (TPSA) is 64.9 Å². The summed E-state index contributed by atoms with van der Waals surface area (Å²) in [7, 11) is 0. The molecule has 0 unspecified atom stereocenters. The summed E-state index contributed by atoms with van der Waals surface area (Å²) in [6.07, 6.45) is 3.63. The molecule has 4 aromatic rings. The molecule has 32 heavy (non-hydrogen) atoms. The monoisotopic (exact) mass is 465 g/mol. The Morgan fingerprint density at radius 2 is 1.88 bits per heavy atom. The van der Waals surface area contributed by atoms with E-state index in [0.29, 0.717) is 33.7 Å². The SMILES string of the molecule is O=C(NN=Cc1cn(Cc2ccc(Cl)c(Cl)c2)c2ccccc12)c1ccc2c(c1)OCO2. The number of fused-ring (bicyclic) bond motifs is 2. The standard InChI is InChI=1S/C24H17Cl2N3O3/c25-19-7-5-15(9-20(19)26)12-29-13-17(18-3-1-2-4-21(18)29)11-27-28-24(30)16-6-8-22-23(10-16)32-14-31-22/h1-11,13H,12,14H2,(H,28,30). The Kier molecular flexibility index (Phi) is 5.47. The van der Waals surface area contributed by atoms with Gasteiger partial charge in [0, 0.05) is 34.8 Å². The lowest BCUT2D eigenvalue weighted by Crippen LogP contribution is -2.17. The van der Waals surface area contributed by atoms with Gasteiger partial charge in [0.1, 0.15) is 0 Å². The summed E-state index contributed by atoms with van der Waals surface area (Å²) in [6.45, 7) is 0.777. The first kappa shape index (κ1) is 20.4. The van der Waals surface area contributed by atoms with Gasteiger partial charge in [-0.1, -0.05) is 47.5 Å². The van der Waals surface area contributed by atoms with Crippen LogP contribution in [-0.4, -0.2) is 23.5 Å². The number of ether oxygens (including phenoxy) is 2. The molecule has 0 bridgehead atoms. The Balaban J connectivity index is 1.36. The maximum Gasteiger partial charge on any atom is 0.271 e. The molecular weight excluding hydrogens is 449 g/mol. The van der Waals surface area contributed by atoms with E-state index < -0.39 is 0 Å². The normalized spacial score (nSPS) is 12.6. The van der Waals surface area contributed by atoms with Gasteiger partial charge in [0.2, 0.25) is 6.79 Å². The first-order valence-electron chi connectivity index (χ1n) is 9.83. The van der Waals surface area contributed by atoms with Crippen molar-refractivity contribution in [3.8, 4) is 11.5 Å². The second-order valence-electron chi connectivity index (χ2n) is 7.25. The molecule has 0 saturated heterocycles. The average molecular weight is 466 g/mol. The van der Waals surface area contributed by atoms with Crippen molar-refractivity contribution < 1.29 is 14.3 Å². The molecule has 1 aromatic heterocycles. The summed E-state index contributed by atoms with van der Waals surface area (Å²) < 4.78 is 12.7. The third-order valence-electron chi connectivity index (χ3n) is 5.16. The molecule has 1 N–H and O–H groups in total. The average Bonchev–Trinajstić information content (AvgIpc) is 3.41. The van der Waals surface area contributed by atoms with E-state index in [4.69, 9.17) is 32.7 Å². The Hall–Kier alpha value is -3.48. The fourth-order valence-corrected chi connectivity index (χ4v) is 3.93. The molecule has 0 aliphatic carbocycles. The molecule has 1 amide bonds. The Bertz CT molecular complexity index is 1360. The quantitative estimate of drug-likeness (QED) is 0.313. The summed E-state index contributed by atoms with van der Waals surface area (Å²) in [4.78, 5) is 12.5. The molecule has 0 saturated carbocycles.